The van der Waals surface area contributed by atoms with Gasteiger partial charge in [0.25, 0.3) is 5.91 Å². The predicted molar refractivity (Wildman–Crippen MR) is 194 cm³/mol. The SMILES string of the molecule is Cc1nc2ccccc2c2c1O[C@]1(CC2)C[C@H]2C(=O)N[C@]3(C(=O)NS(=O)(=O)C4(C)CC4)C[C@H]3/C=C\CCCCC[C@H](Nc3nccs3)C(=O)N2C1. The molecule has 51 heavy (non-hydrogen) atoms. The van der Waals surface area contributed by atoms with Crippen LogP contribution in [0.5, 0.6) is 5.75 Å². The van der Waals surface area contributed by atoms with Crippen molar-refractivity contribution in [1.29, 1.82) is 0 Å². The number of nitrogens with zero attached hydrogens (tertiary/aromatic N) is 3. The summed E-state index contributed by atoms with van der Waals surface area (Å²) in [6.07, 6.45) is 12.3. The number of hydrogen-bond donors (Lipinski definition) is 3. The number of thiazole rings is 1. The number of para-hydroxylation sites is 1. The summed E-state index contributed by atoms with van der Waals surface area (Å²) >= 11 is 1.41. The number of aromatic nitrogens is 2. The van der Waals surface area contributed by atoms with E-state index in [0.717, 1.165) is 47.8 Å². The lowest BCUT2D eigenvalue weighted by Gasteiger charge is -2.36. The number of nitrogens with one attached hydrogen (secondary N) is 3. The average molecular weight is 733 g/mol. The Kier molecular flexibility index (Phi) is 8.40. The van der Waals surface area contributed by atoms with Crippen LogP contribution >= 0.6 is 11.3 Å². The normalized spacial score (nSPS) is 30.9. The standard InChI is InChI=1S/C37H44N6O6S2/c1-23-30-26(25-11-8-9-12-27(25)39-23)14-15-36(49-30)21-29-31(44)41-37(33(46)42-51(47,48)35(2)16-17-35)20-24(37)10-6-4-3-5-7-13-28(32(45)43(29)22-36)40-34-38-18-19-50-34/h6,8-12,18-19,24,28-29H,3-5,7,13-17,20-22H2,1-2H3,(H,38,40)(H,41,44)(H,42,46)/b10-6-/t24-,28+,29+,36-,37-/m1/s1. The highest BCUT2D eigenvalue weighted by Crippen LogP contribution is 2.49. The van der Waals surface area contributed by atoms with Crippen LogP contribution < -0.4 is 20.1 Å². The van der Waals surface area contributed by atoms with Gasteiger partial charge in [-0.3, -0.25) is 19.1 Å². The number of benzene rings is 1. The molecule has 3 aliphatic heterocycles. The van der Waals surface area contributed by atoms with E-state index in [9.17, 15) is 22.8 Å². The fourth-order valence-electron chi connectivity index (χ4n) is 8.09. The molecule has 8 rings (SSSR count). The third-order valence-electron chi connectivity index (χ3n) is 11.6. The second-order valence-electron chi connectivity index (χ2n) is 15.2. The quantitative estimate of drug-likeness (QED) is 0.320. The lowest BCUT2D eigenvalue weighted by Crippen LogP contribution is -2.58. The Hall–Kier alpha value is -4.04. The van der Waals surface area contributed by atoms with E-state index in [2.05, 4.69) is 20.3 Å². The molecule has 1 aromatic carbocycles. The van der Waals surface area contributed by atoms with Gasteiger partial charge >= 0.3 is 0 Å². The number of aryl methyl sites for hydroxylation is 2. The summed E-state index contributed by atoms with van der Waals surface area (Å²) in [6, 6.07) is 6.40. The largest absolute Gasteiger partial charge is 0.483 e. The van der Waals surface area contributed by atoms with Gasteiger partial charge in [-0.2, -0.15) is 0 Å². The first-order valence-corrected chi connectivity index (χ1v) is 20.4. The molecule has 5 heterocycles. The summed E-state index contributed by atoms with van der Waals surface area (Å²) in [5, 5.41) is 9.85. The van der Waals surface area contributed by atoms with E-state index in [1.165, 1.54) is 11.3 Å². The zero-order chi connectivity index (χ0) is 35.6. The van der Waals surface area contributed by atoms with Gasteiger partial charge in [0.15, 0.2) is 5.13 Å². The van der Waals surface area contributed by atoms with Crippen LogP contribution in [0.1, 0.15) is 82.4 Å². The first kappa shape index (κ1) is 34.1. The van der Waals surface area contributed by atoms with Crippen molar-refractivity contribution >= 4 is 55.1 Å². The van der Waals surface area contributed by atoms with E-state index < -0.39 is 49.8 Å². The van der Waals surface area contributed by atoms with Gasteiger partial charge in [0.2, 0.25) is 21.8 Å². The number of fused-ring (bicyclic) bond motifs is 5. The molecule has 1 saturated heterocycles. The van der Waals surface area contributed by atoms with E-state index in [1.54, 1.807) is 18.0 Å². The van der Waals surface area contributed by atoms with Crippen molar-refractivity contribution in [2.24, 2.45) is 5.92 Å². The highest BCUT2D eigenvalue weighted by Gasteiger charge is 2.64. The van der Waals surface area contributed by atoms with Crippen LogP contribution in [0.4, 0.5) is 5.13 Å². The molecule has 270 valence electrons. The summed E-state index contributed by atoms with van der Waals surface area (Å²) in [5.74, 6) is -1.13. The summed E-state index contributed by atoms with van der Waals surface area (Å²) in [7, 11) is -3.94. The minimum atomic E-state index is -3.94. The van der Waals surface area contributed by atoms with Gasteiger partial charge in [0.1, 0.15) is 29.0 Å². The number of sulfonamides is 1. The van der Waals surface area contributed by atoms with Crippen molar-refractivity contribution in [1.82, 2.24) is 24.9 Å². The number of amides is 3. The van der Waals surface area contributed by atoms with Crippen molar-refractivity contribution in [2.45, 2.75) is 112 Å². The van der Waals surface area contributed by atoms with Crippen LogP contribution in [0.25, 0.3) is 10.9 Å². The van der Waals surface area contributed by atoms with Gasteiger partial charge < -0.3 is 20.3 Å². The Bertz CT molecular complexity index is 2030. The molecule has 2 saturated carbocycles. The van der Waals surface area contributed by atoms with Crippen LogP contribution in [0.3, 0.4) is 0 Å². The Labute approximate surface area is 301 Å². The topological polar surface area (TPSA) is 160 Å². The molecule has 3 fully saturated rings. The van der Waals surface area contributed by atoms with E-state index in [-0.39, 0.29) is 31.2 Å². The van der Waals surface area contributed by atoms with Gasteiger partial charge in [-0.05, 0) is 71.3 Å². The molecule has 0 bridgehead atoms. The lowest BCUT2D eigenvalue weighted by molar-refractivity contribution is -0.140. The first-order chi connectivity index (χ1) is 24.4. The second kappa shape index (κ2) is 12.6. The average Bonchev–Trinajstić information content (AvgIpc) is 3.89. The molecule has 0 unspecified atom stereocenters. The number of ether oxygens (including phenoxy) is 1. The number of carbonyl (C=O) groups excluding carboxylic acids is 3. The highest BCUT2D eigenvalue weighted by atomic mass is 32.2. The molecule has 5 atom stereocenters. The van der Waals surface area contributed by atoms with Crippen LogP contribution in [-0.2, 0) is 30.8 Å². The molecular formula is C37H44N6O6S2. The van der Waals surface area contributed by atoms with Gasteiger partial charge in [0, 0.05) is 34.9 Å². The van der Waals surface area contributed by atoms with Gasteiger partial charge in [-0.1, -0.05) is 43.2 Å². The number of carbonyl (C=O) groups is 3. The van der Waals surface area contributed by atoms with Crippen LogP contribution in [-0.4, -0.2) is 75.5 Å². The maximum absolute atomic E-state index is 14.7. The monoisotopic (exact) mass is 732 g/mol. The van der Waals surface area contributed by atoms with Crippen molar-refractivity contribution in [3.63, 3.8) is 0 Å². The Balaban J connectivity index is 1.14. The molecule has 2 aliphatic carbocycles. The molecule has 3 amide bonds. The number of pyridine rings is 1. The van der Waals surface area contributed by atoms with Gasteiger partial charge in [-0.25, -0.2) is 18.4 Å². The molecule has 3 N–H and O–H groups in total. The van der Waals surface area contributed by atoms with E-state index in [1.807, 2.05) is 48.7 Å². The summed E-state index contributed by atoms with van der Waals surface area (Å²) in [6.45, 7) is 3.73. The summed E-state index contributed by atoms with van der Waals surface area (Å²) in [4.78, 5) is 54.0. The molecule has 5 aliphatic rings. The third kappa shape index (κ3) is 6.17. The van der Waals surface area contributed by atoms with Crippen LogP contribution in [0.15, 0.2) is 48.0 Å². The van der Waals surface area contributed by atoms with Crippen molar-refractivity contribution in [3.8, 4) is 5.75 Å². The van der Waals surface area contributed by atoms with Crippen LogP contribution in [0.2, 0.25) is 0 Å². The molecule has 2 aromatic heterocycles. The molecule has 0 radical (unpaired) electrons. The number of hydrogen-bond acceptors (Lipinski definition) is 10. The molecular weight excluding hydrogens is 689 g/mol. The number of rotatable bonds is 5. The molecule has 1 spiro atoms. The van der Waals surface area contributed by atoms with Crippen molar-refractivity contribution in [2.75, 3.05) is 11.9 Å². The highest BCUT2D eigenvalue weighted by molar-refractivity contribution is 7.91. The van der Waals surface area contributed by atoms with Gasteiger partial charge in [-0.15, -0.1) is 11.3 Å². The number of anilines is 1. The molecule has 14 heteroatoms. The zero-order valence-electron chi connectivity index (χ0n) is 28.9. The minimum absolute atomic E-state index is 0.181. The zero-order valence-corrected chi connectivity index (χ0v) is 30.6. The maximum Gasteiger partial charge on any atom is 0.259 e. The summed E-state index contributed by atoms with van der Waals surface area (Å²) < 4.78 is 34.5. The summed E-state index contributed by atoms with van der Waals surface area (Å²) in [5.41, 5.74) is 0.418. The van der Waals surface area contributed by atoms with E-state index in [4.69, 9.17) is 9.72 Å². The second-order valence-corrected chi connectivity index (χ2v) is 18.3. The lowest BCUT2D eigenvalue weighted by atomic mass is 9.87. The Morgan fingerprint density at radius 3 is 2.73 bits per heavy atom. The maximum atomic E-state index is 14.7. The Morgan fingerprint density at radius 1 is 1.12 bits per heavy atom. The smallest absolute Gasteiger partial charge is 0.259 e. The van der Waals surface area contributed by atoms with Gasteiger partial charge in [0.05, 0.1) is 22.5 Å². The van der Waals surface area contributed by atoms with Crippen molar-refractivity contribution < 1.29 is 27.5 Å². The van der Waals surface area contributed by atoms with Crippen molar-refractivity contribution in [3.05, 3.63) is 59.3 Å². The first-order valence-electron chi connectivity index (χ1n) is 18.0. The Morgan fingerprint density at radius 2 is 1.94 bits per heavy atom. The number of allylic oxidation sites excluding steroid dienone is 1. The third-order valence-corrected chi connectivity index (χ3v) is 14.5. The fraction of sp³-hybridized carbons (Fsp3) is 0.541. The fourth-order valence-corrected chi connectivity index (χ4v) is 9.98. The molecule has 3 aromatic rings. The molecule has 12 nitrogen and oxygen atoms in total. The minimum Gasteiger partial charge on any atom is -0.483 e. The van der Waals surface area contributed by atoms with Crippen LogP contribution in [0, 0.1) is 12.8 Å². The van der Waals surface area contributed by atoms with E-state index >= 15 is 0 Å². The van der Waals surface area contributed by atoms with E-state index in [0.29, 0.717) is 43.0 Å². The predicted octanol–water partition coefficient (Wildman–Crippen LogP) is 4.54.